The molecule has 0 saturated heterocycles. The molecule has 1 atom stereocenters. The van der Waals surface area contributed by atoms with Crippen LogP contribution in [0, 0.1) is 0 Å². The normalized spacial score (nSPS) is 11.8. The van der Waals surface area contributed by atoms with E-state index < -0.39 is 12.0 Å². The summed E-state index contributed by atoms with van der Waals surface area (Å²) in [4.78, 5) is 24.3. The van der Waals surface area contributed by atoms with Crippen molar-refractivity contribution in [1.29, 1.82) is 0 Å². The van der Waals surface area contributed by atoms with E-state index in [1.54, 1.807) is 6.92 Å². The van der Waals surface area contributed by atoms with Gasteiger partial charge in [0.15, 0.2) is 0 Å². The van der Waals surface area contributed by atoms with Gasteiger partial charge in [-0.3, -0.25) is 14.5 Å². The fraction of sp³-hybridized carbons (Fsp3) is 0.333. The Hall–Kier alpha value is -2.86. The summed E-state index contributed by atoms with van der Waals surface area (Å²) >= 11 is 0. The lowest BCUT2D eigenvalue weighted by atomic mass is 10.1. The molecular weight excluding hydrogens is 344 g/mol. The highest BCUT2D eigenvalue weighted by Crippen LogP contribution is 2.17. The van der Waals surface area contributed by atoms with Crippen molar-refractivity contribution in [2.75, 3.05) is 13.1 Å². The van der Waals surface area contributed by atoms with Crippen molar-refractivity contribution in [3.05, 3.63) is 65.7 Å². The Balaban J connectivity index is 2.01. The number of aliphatic carboxylic acids is 1. The van der Waals surface area contributed by atoms with Gasteiger partial charge in [-0.1, -0.05) is 42.5 Å². The lowest BCUT2D eigenvalue weighted by Gasteiger charge is -2.26. The van der Waals surface area contributed by atoms with Crippen molar-refractivity contribution < 1.29 is 19.4 Å². The standard InChI is InChI=1S/C21H26N2O4/c1-16(21(25)26)23(12-11-22-17(2)24)14-19-9-6-10-20(13-19)27-15-18-7-4-3-5-8-18/h3-10,13,16H,11-12,14-15H2,1-2H3,(H,22,24)(H,25,26). The van der Waals surface area contributed by atoms with Crippen LogP contribution >= 0.6 is 0 Å². The maximum atomic E-state index is 11.4. The minimum atomic E-state index is -0.894. The van der Waals surface area contributed by atoms with E-state index in [1.165, 1.54) is 6.92 Å². The number of carbonyl (C=O) groups excluding carboxylic acids is 1. The third kappa shape index (κ3) is 7.11. The quantitative estimate of drug-likeness (QED) is 0.672. The number of carbonyl (C=O) groups is 2. The van der Waals surface area contributed by atoms with Crippen LogP contribution in [0.3, 0.4) is 0 Å². The van der Waals surface area contributed by atoms with Crippen molar-refractivity contribution in [2.24, 2.45) is 0 Å². The molecular formula is C21H26N2O4. The number of hydrogen-bond donors (Lipinski definition) is 2. The molecule has 0 radical (unpaired) electrons. The lowest BCUT2D eigenvalue weighted by Crippen LogP contribution is -2.42. The summed E-state index contributed by atoms with van der Waals surface area (Å²) in [6, 6.07) is 16.9. The second kappa shape index (κ2) is 10.3. The molecule has 0 bridgehead atoms. The Morgan fingerprint density at radius 3 is 2.48 bits per heavy atom. The van der Waals surface area contributed by atoms with E-state index in [0.29, 0.717) is 26.2 Å². The molecule has 0 aliphatic carbocycles. The summed E-state index contributed by atoms with van der Waals surface area (Å²) in [7, 11) is 0. The molecule has 0 aliphatic heterocycles. The number of carboxylic acids is 1. The summed E-state index contributed by atoms with van der Waals surface area (Å²) in [5.41, 5.74) is 2.04. The minimum Gasteiger partial charge on any atom is -0.489 e. The molecule has 0 heterocycles. The van der Waals surface area contributed by atoms with Crippen LogP contribution in [0.1, 0.15) is 25.0 Å². The number of nitrogens with zero attached hydrogens (tertiary/aromatic N) is 1. The third-order valence-corrected chi connectivity index (χ3v) is 4.21. The van der Waals surface area contributed by atoms with Gasteiger partial charge in [-0.05, 0) is 30.2 Å². The van der Waals surface area contributed by atoms with Crippen LogP contribution in [0.15, 0.2) is 54.6 Å². The van der Waals surface area contributed by atoms with Gasteiger partial charge >= 0.3 is 5.97 Å². The number of benzene rings is 2. The van der Waals surface area contributed by atoms with Gasteiger partial charge in [-0.2, -0.15) is 0 Å². The summed E-state index contributed by atoms with van der Waals surface area (Å²) in [6.45, 7) is 4.86. The SMILES string of the molecule is CC(=O)NCCN(Cc1cccc(OCc2ccccc2)c1)C(C)C(=O)O. The monoisotopic (exact) mass is 370 g/mol. The van der Waals surface area contributed by atoms with Crippen LogP contribution in [-0.2, 0) is 22.7 Å². The van der Waals surface area contributed by atoms with Gasteiger partial charge in [-0.25, -0.2) is 0 Å². The predicted octanol–water partition coefficient (Wildman–Crippen LogP) is 2.68. The van der Waals surface area contributed by atoms with Gasteiger partial charge in [0.05, 0.1) is 0 Å². The molecule has 0 saturated carbocycles. The lowest BCUT2D eigenvalue weighted by molar-refractivity contribution is -0.142. The smallest absolute Gasteiger partial charge is 0.320 e. The molecule has 2 aromatic rings. The van der Waals surface area contributed by atoms with E-state index in [0.717, 1.165) is 16.9 Å². The van der Waals surface area contributed by atoms with Crippen LogP contribution in [0.5, 0.6) is 5.75 Å². The zero-order valence-corrected chi connectivity index (χ0v) is 15.7. The summed E-state index contributed by atoms with van der Waals surface area (Å²) in [5, 5.41) is 12.1. The number of carboxylic acid groups (broad SMARTS) is 1. The van der Waals surface area contributed by atoms with Gasteiger partial charge < -0.3 is 15.2 Å². The number of rotatable bonds is 10. The van der Waals surface area contributed by atoms with E-state index in [4.69, 9.17) is 4.74 Å². The van der Waals surface area contributed by atoms with Crippen LogP contribution in [-0.4, -0.2) is 41.0 Å². The fourth-order valence-corrected chi connectivity index (χ4v) is 2.65. The Morgan fingerprint density at radius 2 is 1.81 bits per heavy atom. The molecule has 0 fully saturated rings. The zero-order valence-electron chi connectivity index (χ0n) is 15.7. The zero-order chi connectivity index (χ0) is 19.6. The maximum absolute atomic E-state index is 11.4. The maximum Gasteiger partial charge on any atom is 0.320 e. The Labute approximate surface area is 159 Å². The highest BCUT2D eigenvalue weighted by atomic mass is 16.5. The van der Waals surface area contributed by atoms with Crippen molar-refractivity contribution in [3.63, 3.8) is 0 Å². The van der Waals surface area contributed by atoms with Crippen LogP contribution in [0.4, 0.5) is 0 Å². The molecule has 6 nitrogen and oxygen atoms in total. The number of amides is 1. The van der Waals surface area contributed by atoms with Crippen LogP contribution in [0.25, 0.3) is 0 Å². The molecule has 144 valence electrons. The predicted molar refractivity (Wildman–Crippen MR) is 103 cm³/mol. The molecule has 27 heavy (non-hydrogen) atoms. The Kier molecular flexibility index (Phi) is 7.82. The van der Waals surface area contributed by atoms with Crippen LogP contribution in [0.2, 0.25) is 0 Å². The van der Waals surface area contributed by atoms with Crippen molar-refractivity contribution >= 4 is 11.9 Å². The molecule has 2 rings (SSSR count). The Bertz CT molecular complexity index is 749. The summed E-state index contributed by atoms with van der Waals surface area (Å²) in [6.07, 6.45) is 0. The average molecular weight is 370 g/mol. The minimum absolute atomic E-state index is 0.130. The van der Waals surface area contributed by atoms with E-state index in [2.05, 4.69) is 5.32 Å². The molecule has 1 amide bonds. The molecule has 1 unspecified atom stereocenters. The fourth-order valence-electron chi connectivity index (χ4n) is 2.65. The molecule has 2 aromatic carbocycles. The summed E-state index contributed by atoms with van der Waals surface area (Å²) in [5.74, 6) is -0.287. The van der Waals surface area contributed by atoms with E-state index >= 15 is 0 Å². The Morgan fingerprint density at radius 1 is 1.11 bits per heavy atom. The highest BCUT2D eigenvalue weighted by Gasteiger charge is 2.20. The summed E-state index contributed by atoms with van der Waals surface area (Å²) < 4.78 is 5.84. The van der Waals surface area contributed by atoms with Crippen LogP contribution < -0.4 is 10.1 Å². The second-order valence-electron chi connectivity index (χ2n) is 6.39. The molecule has 6 heteroatoms. The molecule has 2 N–H and O–H groups in total. The van der Waals surface area contributed by atoms with Gasteiger partial charge in [0.2, 0.25) is 5.91 Å². The first-order valence-electron chi connectivity index (χ1n) is 8.92. The van der Waals surface area contributed by atoms with Crippen molar-refractivity contribution in [1.82, 2.24) is 10.2 Å². The number of hydrogen-bond acceptors (Lipinski definition) is 4. The first-order valence-corrected chi connectivity index (χ1v) is 8.92. The van der Waals surface area contributed by atoms with Crippen molar-refractivity contribution in [3.8, 4) is 5.75 Å². The topological polar surface area (TPSA) is 78.9 Å². The number of nitrogens with one attached hydrogen (secondary N) is 1. The van der Waals surface area contributed by atoms with E-state index in [-0.39, 0.29) is 5.91 Å². The second-order valence-corrected chi connectivity index (χ2v) is 6.39. The third-order valence-electron chi connectivity index (χ3n) is 4.21. The highest BCUT2D eigenvalue weighted by molar-refractivity contribution is 5.73. The van der Waals surface area contributed by atoms with Gasteiger partial charge in [0.1, 0.15) is 18.4 Å². The van der Waals surface area contributed by atoms with Gasteiger partial charge in [0, 0.05) is 26.6 Å². The largest absolute Gasteiger partial charge is 0.489 e. The van der Waals surface area contributed by atoms with Gasteiger partial charge in [0.25, 0.3) is 0 Å². The van der Waals surface area contributed by atoms with Gasteiger partial charge in [-0.15, -0.1) is 0 Å². The van der Waals surface area contributed by atoms with E-state index in [1.807, 2.05) is 59.5 Å². The average Bonchev–Trinajstić information content (AvgIpc) is 2.66. The first-order chi connectivity index (χ1) is 13.0. The number of ether oxygens (including phenoxy) is 1. The van der Waals surface area contributed by atoms with E-state index in [9.17, 15) is 14.7 Å². The molecule has 0 aromatic heterocycles. The van der Waals surface area contributed by atoms with Crippen molar-refractivity contribution in [2.45, 2.75) is 33.0 Å². The molecule has 0 aliphatic rings. The first kappa shape index (κ1) is 20.5. The molecule has 0 spiro atoms.